The molecule has 4 N–H and O–H groups in total. The third-order valence-corrected chi connectivity index (χ3v) is 5.73. The summed E-state index contributed by atoms with van der Waals surface area (Å²) in [7, 11) is 0. The van der Waals surface area contributed by atoms with Gasteiger partial charge in [-0.2, -0.15) is 0 Å². The lowest BCUT2D eigenvalue weighted by Gasteiger charge is -2.41. The van der Waals surface area contributed by atoms with Crippen molar-refractivity contribution in [2.45, 2.75) is 43.4 Å². The molecule has 4 atom stereocenters. The molecule has 0 bridgehead atoms. The SMILES string of the molecule is O=C(C=Cc1ccc(O)cc1)O[C@@H]1C[C@](OCc2cccs2)(C(=O)O)C[C@H](O)[C@H]1O. The molecule has 0 saturated heterocycles. The van der Waals surface area contributed by atoms with Crippen LogP contribution < -0.4 is 0 Å². The second kappa shape index (κ2) is 9.40. The average Bonchev–Trinajstić information content (AvgIpc) is 3.23. The molecule has 1 fully saturated rings. The van der Waals surface area contributed by atoms with Crippen LogP contribution in [0.3, 0.4) is 0 Å². The van der Waals surface area contributed by atoms with E-state index in [1.54, 1.807) is 24.3 Å². The smallest absolute Gasteiger partial charge is 0.336 e. The molecule has 1 aromatic heterocycles. The van der Waals surface area contributed by atoms with Gasteiger partial charge in [0.15, 0.2) is 5.60 Å². The molecule has 0 amide bonds. The third-order valence-electron chi connectivity index (χ3n) is 4.88. The van der Waals surface area contributed by atoms with Crippen LogP contribution in [0.15, 0.2) is 47.9 Å². The van der Waals surface area contributed by atoms with Gasteiger partial charge in [0.2, 0.25) is 0 Å². The van der Waals surface area contributed by atoms with Crippen molar-refractivity contribution < 1.29 is 39.5 Å². The molecule has 1 aliphatic carbocycles. The Hall–Kier alpha value is -2.72. The highest BCUT2D eigenvalue weighted by Crippen LogP contribution is 2.35. The maximum Gasteiger partial charge on any atom is 0.336 e. The van der Waals surface area contributed by atoms with Crippen LogP contribution >= 0.6 is 11.3 Å². The fourth-order valence-corrected chi connectivity index (χ4v) is 3.86. The number of aromatic hydroxyl groups is 1. The second-order valence-electron chi connectivity index (χ2n) is 7.03. The summed E-state index contributed by atoms with van der Waals surface area (Å²) in [6, 6.07) is 9.69. The van der Waals surface area contributed by atoms with Crippen LogP contribution in [-0.2, 0) is 25.7 Å². The molecule has 3 rings (SSSR count). The van der Waals surface area contributed by atoms with Gasteiger partial charge in [0.1, 0.15) is 18.0 Å². The molecule has 9 heteroatoms. The Morgan fingerprint density at radius 1 is 1.17 bits per heavy atom. The molecule has 1 aromatic carbocycles. The van der Waals surface area contributed by atoms with Crippen molar-refractivity contribution in [3.05, 3.63) is 58.3 Å². The van der Waals surface area contributed by atoms with Gasteiger partial charge in [-0.05, 0) is 35.2 Å². The predicted molar refractivity (Wildman–Crippen MR) is 108 cm³/mol. The standard InChI is InChI=1S/C21H22O8S/c22-14-6-3-13(4-7-14)5-8-18(24)29-17-11-21(20(26)27,10-16(23)19(17)25)28-12-15-2-1-9-30-15/h1-9,16-17,19,22-23,25H,10-12H2,(H,26,27)/t16-,17+,19+,21-/m0/s1. The van der Waals surface area contributed by atoms with Gasteiger partial charge in [-0.25, -0.2) is 9.59 Å². The Morgan fingerprint density at radius 2 is 1.90 bits per heavy atom. The van der Waals surface area contributed by atoms with E-state index in [0.29, 0.717) is 5.56 Å². The fraction of sp³-hybridized carbons (Fsp3) is 0.333. The Kier molecular flexibility index (Phi) is 6.88. The topological polar surface area (TPSA) is 134 Å². The molecule has 30 heavy (non-hydrogen) atoms. The van der Waals surface area contributed by atoms with E-state index >= 15 is 0 Å². The van der Waals surface area contributed by atoms with Crippen LogP contribution in [0.2, 0.25) is 0 Å². The maximum absolute atomic E-state index is 12.2. The molecule has 1 saturated carbocycles. The summed E-state index contributed by atoms with van der Waals surface area (Å²) in [5.41, 5.74) is -1.16. The zero-order valence-corrected chi connectivity index (χ0v) is 16.7. The van der Waals surface area contributed by atoms with Crippen molar-refractivity contribution in [1.29, 1.82) is 0 Å². The Morgan fingerprint density at radius 3 is 2.53 bits per heavy atom. The molecular weight excluding hydrogens is 412 g/mol. The molecule has 1 aliphatic rings. The lowest BCUT2D eigenvalue weighted by molar-refractivity contribution is -0.209. The van der Waals surface area contributed by atoms with Gasteiger partial charge in [0.25, 0.3) is 0 Å². The van der Waals surface area contributed by atoms with E-state index < -0.39 is 35.9 Å². The number of esters is 1. The summed E-state index contributed by atoms with van der Waals surface area (Å²) in [6.45, 7) is 0.0220. The summed E-state index contributed by atoms with van der Waals surface area (Å²) in [5, 5.41) is 41.3. The van der Waals surface area contributed by atoms with Crippen LogP contribution in [0, 0.1) is 0 Å². The number of aliphatic hydroxyl groups excluding tert-OH is 2. The summed E-state index contributed by atoms with van der Waals surface area (Å²) in [5.74, 6) is -2.02. The van der Waals surface area contributed by atoms with E-state index in [1.807, 2.05) is 5.38 Å². The number of rotatable bonds is 7. The maximum atomic E-state index is 12.2. The van der Waals surface area contributed by atoms with Crippen molar-refractivity contribution in [2.24, 2.45) is 0 Å². The molecule has 1 heterocycles. The highest BCUT2D eigenvalue weighted by molar-refractivity contribution is 7.09. The highest BCUT2D eigenvalue weighted by Gasteiger charge is 2.52. The Labute approximate surface area is 176 Å². The van der Waals surface area contributed by atoms with Gasteiger partial charge in [-0.3, -0.25) is 0 Å². The summed E-state index contributed by atoms with van der Waals surface area (Å²) >= 11 is 1.40. The number of carbonyl (C=O) groups is 2. The lowest BCUT2D eigenvalue weighted by atomic mass is 9.79. The third kappa shape index (κ3) is 5.25. The predicted octanol–water partition coefficient (Wildman–Crippen LogP) is 1.93. The number of carboxylic acid groups (broad SMARTS) is 1. The minimum Gasteiger partial charge on any atom is -0.508 e. The fourth-order valence-electron chi connectivity index (χ4n) is 3.24. The minimum atomic E-state index is -1.80. The van der Waals surface area contributed by atoms with Crippen LogP contribution in [0.4, 0.5) is 0 Å². The number of phenolic OH excluding ortho intramolecular Hbond substituents is 1. The average molecular weight is 434 g/mol. The van der Waals surface area contributed by atoms with Gasteiger partial charge in [-0.1, -0.05) is 18.2 Å². The summed E-state index contributed by atoms with van der Waals surface area (Å²) in [4.78, 5) is 25.0. The number of carboxylic acids is 1. The molecule has 0 unspecified atom stereocenters. The molecular formula is C21H22O8S. The zero-order valence-electron chi connectivity index (χ0n) is 15.9. The number of ether oxygens (including phenoxy) is 2. The number of aliphatic hydroxyl groups is 2. The summed E-state index contributed by atoms with van der Waals surface area (Å²) < 4.78 is 10.9. The second-order valence-corrected chi connectivity index (χ2v) is 8.07. The first-order valence-corrected chi connectivity index (χ1v) is 10.1. The quantitative estimate of drug-likeness (QED) is 0.384. The van der Waals surface area contributed by atoms with E-state index in [4.69, 9.17) is 9.47 Å². The first-order valence-electron chi connectivity index (χ1n) is 9.23. The van der Waals surface area contributed by atoms with Gasteiger partial charge in [0, 0.05) is 23.8 Å². The van der Waals surface area contributed by atoms with E-state index in [9.17, 15) is 30.0 Å². The lowest BCUT2D eigenvalue weighted by Crippen LogP contribution is -2.58. The largest absolute Gasteiger partial charge is 0.508 e. The van der Waals surface area contributed by atoms with Crippen molar-refractivity contribution in [3.63, 3.8) is 0 Å². The Bertz CT molecular complexity index is 892. The van der Waals surface area contributed by atoms with Gasteiger partial charge in [0.05, 0.1) is 12.7 Å². The summed E-state index contributed by atoms with van der Waals surface area (Å²) in [6.07, 6.45) is -2.19. The normalized spacial score (nSPS) is 26.5. The zero-order chi connectivity index (χ0) is 21.7. The van der Waals surface area contributed by atoms with E-state index in [0.717, 1.165) is 11.0 Å². The van der Waals surface area contributed by atoms with Crippen LogP contribution in [0.5, 0.6) is 5.75 Å². The van der Waals surface area contributed by atoms with Crippen LogP contribution in [0.1, 0.15) is 23.3 Å². The van der Waals surface area contributed by atoms with E-state index in [1.165, 1.54) is 29.5 Å². The minimum absolute atomic E-state index is 0.0220. The first-order chi connectivity index (χ1) is 14.3. The van der Waals surface area contributed by atoms with Crippen molar-refractivity contribution in [1.82, 2.24) is 0 Å². The highest BCUT2D eigenvalue weighted by atomic mass is 32.1. The van der Waals surface area contributed by atoms with Crippen molar-refractivity contribution in [2.75, 3.05) is 0 Å². The molecule has 0 radical (unpaired) electrons. The number of carbonyl (C=O) groups excluding carboxylic acids is 1. The first kappa shape index (κ1) is 22.0. The number of phenols is 1. The number of aliphatic carboxylic acids is 1. The molecule has 160 valence electrons. The molecule has 2 aromatic rings. The van der Waals surface area contributed by atoms with Crippen molar-refractivity contribution >= 4 is 29.4 Å². The number of hydrogen-bond donors (Lipinski definition) is 4. The van der Waals surface area contributed by atoms with Gasteiger partial charge >= 0.3 is 11.9 Å². The van der Waals surface area contributed by atoms with E-state index in [-0.39, 0.29) is 25.2 Å². The molecule has 0 aliphatic heterocycles. The van der Waals surface area contributed by atoms with Crippen LogP contribution in [-0.4, -0.2) is 56.3 Å². The van der Waals surface area contributed by atoms with Gasteiger partial charge < -0.3 is 29.9 Å². The Balaban J connectivity index is 1.69. The van der Waals surface area contributed by atoms with Crippen molar-refractivity contribution in [3.8, 4) is 5.75 Å². The monoisotopic (exact) mass is 434 g/mol. The van der Waals surface area contributed by atoms with Gasteiger partial charge in [-0.15, -0.1) is 11.3 Å². The number of thiophene rings is 1. The van der Waals surface area contributed by atoms with E-state index in [2.05, 4.69) is 0 Å². The molecule has 0 spiro atoms. The number of hydrogen-bond acceptors (Lipinski definition) is 8. The number of benzene rings is 1. The van der Waals surface area contributed by atoms with Crippen LogP contribution in [0.25, 0.3) is 6.08 Å². The molecule has 8 nitrogen and oxygen atoms in total.